The molecule has 0 saturated carbocycles. The maximum Gasteiger partial charge on any atom is 0.254 e. The van der Waals surface area contributed by atoms with Crippen LogP contribution in [0.1, 0.15) is 28.8 Å². The van der Waals surface area contributed by atoms with E-state index in [2.05, 4.69) is 11.8 Å². The summed E-state index contributed by atoms with van der Waals surface area (Å²) in [5.74, 6) is 6.32. The van der Waals surface area contributed by atoms with Crippen molar-refractivity contribution in [3.63, 3.8) is 0 Å². The van der Waals surface area contributed by atoms with Gasteiger partial charge in [0, 0.05) is 32.4 Å². The smallest absolute Gasteiger partial charge is 0.254 e. The fourth-order valence-electron chi connectivity index (χ4n) is 2.53. The van der Waals surface area contributed by atoms with Crippen molar-refractivity contribution in [2.45, 2.75) is 12.8 Å². The van der Waals surface area contributed by atoms with E-state index < -0.39 is 0 Å². The summed E-state index contributed by atoms with van der Waals surface area (Å²) in [6, 6.07) is 7.43. The minimum absolute atomic E-state index is 0.0170. The Balaban J connectivity index is 2.08. The van der Waals surface area contributed by atoms with Crippen LogP contribution in [0, 0.1) is 17.8 Å². The average molecular weight is 286 g/mol. The Labute approximate surface area is 126 Å². The molecule has 1 saturated heterocycles. The average Bonchev–Trinajstić information content (AvgIpc) is 2.53. The quantitative estimate of drug-likeness (QED) is 0.857. The lowest BCUT2D eigenvalue weighted by Gasteiger charge is -2.27. The lowest BCUT2D eigenvalue weighted by atomic mass is 9.99. The molecule has 0 radical (unpaired) electrons. The van der Waals surface area contributed by atoms with Gasteiger partial charge in [0.1, 0.15) is 0 Å². The van der Waals surface area contributed by atoms with Crippen LogP contribution in [0.15, 0.2) is 24.3 Å². The van der Waals surface area contributed by atoms with Crippen LogP contribution >= 0.6 is 0 Å². The number of ether oxygens (including phenoxy) is 1. The van der Waals surface area contributed by atoms with Crippen molar-refractivity contribution < 1.29 is 9.53 Å². The molecule has 0 spiro atoms. The number of rotatable bonds is 3. The molecule has 0 atom stereocenters. The highest BCUT2D eigenvalue weighted by atomic mass is 16.5. The van der Waals surface area contributed by atoms with Gasteiger partial charge >= 0.3 is 0 Å². The van der Waals surface area contributed by atoms with E-state index >= 15 is 0 Å². The molecular weight excluding hydrogens is 264 g/mol. The van der Waals surface area contributed by atoms with E-state index in [0.29, 0.717) is 18.0 Å². The second-order valence-corrected chi connectivity index (χ2v) is 5.29. The van der Waals surface area contributed by atoms with Gasteiger partial charge in [-0.15, -0.1) is 0 Å². The van der Waals surface area contributed by atoms with Crippen LogP contribution in [-0.4, -0.2) is 44.2 Å². The maximum atomic E-state index is 12.6. The van der Waals surface area contributed by atoms with E-state index in [4.69, 9.17) is 10.5 Å². The van der Waals surface area contributed by atoms with E-state index in [1.165, 1.54) is 0 Å². The van der Waals surface area contributed by atoms with Crippen LogP contribution in [0.4, 0.5) is 0 Å². The maximum absolute atomic E-state index is 12.6. The third-order valence-electron chi connectivity index (χ3n) is 3.70. The minimum Gasteiger partial charge on any atom is -0.381 e. The molecule has 1 amide bonds. The molecule has 2 N–H and O–H groups in total. The number of carbonyl (C=O) groups excluding carboxylic acids is 1. The fraction of sp³-hybridized carbons (Fsp3) is 0.471. The molecular formula is C17H22N2O2. The number of amides is 1. The zero-order valence-corrected chi connectivity index (χ0v) is 12.5. The normalized spacial score (nSPS) is 15.1. The molecule has 0 bridgehead atoms. The minimum atomic E-state index is 0.0170. The second kappa shape index (κ2) is 7.82. The molecule has 21 heavy (non-hydrogen) atoms. The largest absolute Gasteiger partial charge is 0.381 e. The van der Waals surface area contributed by atoms with Crippen LogP contribution in [-0.2, 0) is 4.74 Å². The summed E-state index contributed by atoms with van der Waals surface area (Å²) in [7, 11) is 1.85. The fourth-order valence-corrected chi connectivity index (χ4v) is 2.53. The van der Waals surface area contributed by atoms with Gasteiger partial charge in [0.05, 0.1) is 12.1 Å². The van der Waals surface area contributed by atoms with Crippen molar-refractivity contribution in [2.75, 3.05) is 33.4 Å². The summed E-state index contributed by atoms with van der Waals surface area (Å²) in [6.45, 7) is 2.65. The van der Waals surface area contributed by atoms with E-state index in [9.17, 15) is 4.79 Å². The van der Waals surface area contributed by atoms with Gasteiger partial charge in [0.25, 0.3) is 5.91 Å². The summed E-state index contributed by atoms with van der Waals surface area (Å²) < 4.78 is 5.36. The molecule has 1 aromatic carbocycles. The molecule has 1 aliphatic heterocycles. The molecule has 2 rings (SSSR count). The Bertz CT molecular complexity index is 539. The summed E-state index contributed by atoms with van der Waals surface area (Å²) in [5.41, 5.74) is 6.79. The Morgan fingerprint density at radius 2 is 2.10 bits per heavy atom. The Morgan fingerprint density at radius 1 is 1.38 bits per heavy atom. The van der Waals surface area contributed by atoms with E-state index in [0.717, 1.165) is 38.2 Å². The van der Waals surface area contributed by atoms with Gasteiger partial charge in [-0.3, -0.25) is 4.79 Å². The predicted molar refractivity (Wildman–Crippen MR) is 82.9 cm³/mol. The summed E-state index contributed by atoms with van der Waals surface area (Å²) >= 11 is 0. The molecule has 0 aromatic heterocycles. The van der Waals surface area contributed by atoms with Crippen LogP contribution in [0.2, 0.25) is 0 Å². The highest BCUT2D eigenvalue weighted by molar-refractivity contribution is 5.96. The zero-order chi connectivity index (χ0) is 15.1. The first kappa shape index (κ1) is 15.6. The monoisotopic (exact) mass is 286 g/mol. The second-order valence-electron chi connectivity index (χ2n) is 5.29. The molecule has 0 aliphatic carbocycles. The highest BCUT2D eigenvalue weighted by Crippen LogP contribution is 2.17. The van der Waals surface area contributed by atoms with E-state index in [-0.39, 0.29) is 5.91 Å². The van der Waals surface area contributed by atoms with Gasteiger partial charge in [0.2, 0.25) is 0 Å². The van der Waals surface area contributed by atoms with Crippen molar-refractivity contribution in [3.05, 3.63) is 35.4 Å². The van der Waals surface area contributed by atoms with Gasteiger partial charge in [-0.25, -0.2) is 0 Å². The predicted octanol–water partition coefficient (Wildman–Crippen LogP) is 1.50. The SMILES string of the molecule is CN(CC1CCOCC1)C(=O)c1ccccc1C#CCN. The molecule has 0 unspecified atom stereocenters. The van der Waals surface area contributed by atoms with Crippen molar-refractivity contribution in [1.29, 1.82) is 0 Å². The summed E-state index contributed by atoms with van der Waals surface area (Å²) in [4.78, 5) is 14.4. The van der Waals surface area contributed by atoms with Gasteiger partial charge in [-0.05, 0) is 30.9 Å². The number of carbonyl (C=O) groups is 1. The molecule has 4 heteroatoms. The van der Waals surface area contributed by atoms with Gasteiger partial charge < -0.3 is 15.4 Å². The first-order valence-electron chi connectivity index (χ1n) is 7.33. The number of benzene rings is 1. The molecule has 4 nitrogen and oxygen atoms in total. The number of hydrogen-bond acceptors (Lipinski definition) is 3. The Kier molecular flexibility index (Phi) is 5.79. The first-order chi connectivity index (χ1) is 10.2. The molecule has 1 heterocycles. The molecule has 112 valence electrons. The molecule has 1 aromatic rings. The highest BCUT2D eigenvalue weighted by Gasteiger charge is 2.20. The van der Waals surface area contributed by atoms with Crippen molar-refractivity contribution in [2.24, 2.45) is 11.7 Å². The van der Waals surface area contributed by atoms with E-state index in [1.54, 1.807) is 4.90 Å². The lowest BCUT2D eigenvalue weighted by Crippen LogP contribution is -2.34. The van der Waals surface area contributed by atoms with Crippen LogP contribution in [0.5, 0.6) is 0 Å². The van der Waals surface area contributed by atoms with Crippen molar-refractivity contribution in [3.8, 4) is 11.8 Å². The Morgan fingerprint density at radius 3 is 2.81 bits per heavy atom. The van der Waals surface area contributed by atoms with Gasteiger partial charge in [-0.1, -0.05) is 24.0 Å². The third-order valence-corrected chi connectivity index (χ3v) is 3.70. The zero-order valence-electron chi connectivity index (χ0n) is 12.5. The van der Waals surface area contributed by atoms with Crippen LogP contribution in [0.3, 0.4) is 0 Å². The van der Waals surface area contributed by atoms with E-state index in [1.807, 2.05) is 31.3 Å². The van der Waals surface area contributed by atoms with Crippen molar-refractivity contribution in [1.82, 2.24) is 4.90 Å². The number of nitrogens with zero attached hydrogens (tertiary/aromatic N) is 1. The summed E-state index contributed by atoms with van der Waals surface area (Å²) in [6.07, 6.45) is 2.04. The summed E-state index contributed by atoms with van der Waals surface area (Å²) in [5, 5.41) is 0. The van der Waals surface area contributed by atoms with Gasteiger partial charge in [0.15, 0.2) is 0 Å². The van der Waals surface area contributed by atoms with Crippen LogP contribution < -0.4 is 5.73 Å². The molecule has 1 fully saturated rings. The van der Waals surface area contributed by atoms with Crippen molar-refractivity contribution >= 4 is 5.91 Å². The molecule has 1 aliphatic rings. The lowest BCUT2D eigenvalue weighted by molar-refractivity contribution is 0.0497. The van der Waals surface area contributed by atoms with Gasteiger partial charge in [-0.2, -0.15) is 0 Å². The number of nitrogens with two attached hydrogens (primary N) is 1. The third kappa shape index (κ3) is 4.32. The Hall–Kier alpha value is -1.83. The standard InChI is InChI=1S/C17H22N2O2/c1-19(13-14-8-11-21-12-9-14)17(20)16-7-3-2-5-15(16)6-4-10-18/h2-3,5,7,14H,8-13,18H2,1H3. The topological polar surface area (TPSA) is 55.6 Å². The first-order valence-corrected chi connectivity index (χ1v) is 7.33. The number of hydrogen-bond donors (Lipinski definition) is 1. The van der Waals surface area contributed by atoms with Crippen LogP contribution in [0.25, 0.3) is 0 Å².